The monoisotopic (exact) mass is 212 g/mol. The standard InChI is InChI=1S/C11H17PS/c1-3-13-10-9-12(2)11-7-5-4-6-8-11/h4-8H,3,9-10H2,1-2H3. The largest absolute Gasteiger partial charge is 0.162 e. The van der Waals surface area contributed by atoms with Crippen molar-refractivity contribution in [2.75, 3.05) is 24.3 Å². The van der Waals surface area contributed by atoms with Gasteiger partial charge < -0.3 is 0 Å². The highest BCUT2D eigenvalue weighted by molar-refractivity contribution is 7.99. The van der Waals surface area contributed by atoms with Crippen LogP contribution < -0.4 is 5.30 Å². The van der Waals surface area contributed by atoms with Gasteiger partial charge in [0.25, 0.3) is 0 Å². The molecule has 0 bridgehead atoms. The van der Waals surface area contributed by atoms with Gasteiger partial charge >= 0.3 is 0 Å². The molecule has 0 saturated carbocycles. The summed E-state index contributed by atoms with van der Waals surface area (Å²) in [6, 6.07) is 10.9. The molecule has 2 heteroatoms. The van der Waals surface area contributed by atoms with Crippen molar-refractivity contribution < 1.29 is 0 Å². The van der Waals surface area contributed by atoms with E-state index in [1.54, 1.807) is 0 Å². The summed E-state index contributed by atoms with van der Waals surface area (Å²) >= 11 is 2.05. The molecule has 0 radical (unpaired) electrons. The molecule has 72 valence electrons. The molecule has 0 spiro atoms. The smallest absolute Gasteiger partial charge is 0.00253 e. The average molecular weight is 212 g/mol. The number of thioether (sulfide) groups is 1. The molecule has 0 amide bonds. The zero-order valence-corrected chi connectivity index (χ0v) is 10.1. The Kier molecular flexibility index (Phi) is 5.50. The molecule has 0 N–H and O–H groups in total. The predicted molar refractivity (Wildman–Crippen MR) is 66.8 cm³/mol. The summed E-state index contributed by atoms with van der Waals surface area (Å²) in [5, 5.41) is 1.54. The van der Waals surface area contributed by atoms with Gasteiger partial charge in [0.05, 0.1) is 0 Å². The maximum absolute atomic E-state index is 2.38. The third-order valence-corrected chi connectivity index (χ3v) is 5.25. The molecule has 0 saturated heterocycles. The van der Waals surface area contributed by atoms with Crippen molar-refractivity contribution in [2.45, 2.75) is 6.92 Å². The van der Waals surface area contributed by atoms with Crippen LogP contribution in [0.4, 0.5) is 0 Å². The van der Waals surface area contributed by atoms with Crippen LogP contribution in [0.15, 0.2) is 30.3 Å². The summed E-state index contributed by atoms with van der Waals surface area (Å²) < 4.78 is 0. The molecule has 0 fully saturated rings. The highest BCUT2D eigenvalue weighted by atomic mass is 32.2. The van der Waals surface area contributed by atoms with Crippen molar-refractivity contribution in [1.82, 2.24) is 0 Å². The lowest BCUT2D eigenvalue weighted by molar-refractivity contribution is 1.47. The van der Waals surface area contributed by atoms with Gasteiger partial charge in [0.2, 0.25) is 0 Å². The van der Waals surface area contributed by atoms with Gasteiger partial charge in [0.1, 0.15) is 0 Å². The molecule has 13 heavy (non-hydrogen) atoms. The first-order valence-electron chi connectivity index (χ1n) is 4.68. The molecule has 1 unspecified atom stereocenters. The zero-order valence-electron chi connectivity index (χ0n) is 8.36. The Morgan fingerprint density at radius 3 is 2.54 bits per heavy atom. The second-order valence-electron chi connectivity index (χ2n) is 2.95. The van der Waals surface area contributed by atoms with E-state index in [-0.39, 0.29) is 7.92 Å². The van der Waals surface area contributed by atoms with E-state index in [4.69, 9.17) is 0 Å². The first kappa shape index (κ1) is 11.1. The lowest BCUT2D eigenvalue weighted by Gasteiger charge is -2.11. The summed E-state index contributed by atoms with van der Waals surface area (Å²) in [5.41, 5.74) is 0. The van der Waals surface area contributed by atoms with Crippen LogP contribution in [0.1, 0.15) is 6.92 Å². The van der Waals surface area contributed by atoms with Gasteiger partial charge in [-0.15, -0.1) is 0 Å². The van der Waals surface area contributed by atoms with E-state index >= 15 is 0 Å². The van der Waals surface area contributed by atoms with Gasteiger partial charge in [-0.2, -0.15) is 11.8 Å². The summed E-state index contributed by atoms with van der Waals surface area (Å²) in [6.07, 6.45) is 1.36. The molecule has 1 aromatic carbocycles. The van der Waals surface area contributed by atoms with Crippen LogP contribution >= 0.6 is 19.7 Å². The van der Waals surface area contributed by atoms with Crippen LogP contribution in [0.5, 0.6) is 0 Å². The van der Waals surface area contributed by atoms with Crippen LogP contribution in [-0.2, 0) is 0 Å². The minimum Gasteiger partial charge on any atom is -0.162 e. The molecule has 0 heterocycles. The summed E-state index contributed by atoms with van der Waals surface area (Å²) in [4.78, 5) is 0. The number of hydrogen-bond donors (Lipinski definition) is 0. The quantitative estimate of drug-likeness (QED) is 0.533. The highest BCUT2D eigenvalue weighted by Crippen LogP contribution is 2.29. The van der Waals surface area contributed by atoms with E-state index in [0.29, 0.717) is 0 Å². The van der Waals surface area contributed by atoms with E-state index in [2.05, 4.69) is 43.9 Å². The molecule has 1 rings (SSSR count). The molecule has 0 aromatic heterocycles. The van der Waals surface area contributed by atoms with Crippen molar-refractivity contribution in [2.24, 2.45) is 0 Å². The molecule has 0 aliphatic carbocycles. The molecule has 1 atom stereocenters. The third kappa shape index (κ3) is 4.15. The normalized spacial score (nSPS) is 12.8. The van der Waals surface area contributed by atoms with Crippen LogP contribution in [0.3, 0.4) is 0 Å². The van der Waals surface area contributed by atoms with Crippen molar-refractivity contribution in [3.63, 3.8) is 0 Å². The average Bonchev–Trinajstić information content (AvgIpc) is 2.19. The Bertz CT molecular complexity index is 223. The molecular weight excluding hydrogens is 195 g/mol. The van der Waals surface area contributed by atoms with Gasteiger partial charge in [-0.25, -0.2) is 0 Å². The summed E-state index contributed by atoms with van der Waals surface area (Å²) in [7, 11) is 0.0919. The Hall–Kier alpha value is 0. The number of hydrogen-bond acceptors (Lipinski definition) is 1. The third-order valence-electron chi connectivity index (χ3n) is 1.97. The Morgan fingerprint density at radius 1 is 1.23 bits per heavy atom. The van der Waals surface area contributed by atoms with Crippen molar-refractivity contribution in [1.29, 1.82) is 0 Å². The fourth-order valence-electron chi connectivity index (χ4n) is 1.16. The first-order chi connectivity index (χ1) is 6.34. The number of rotatable bonds is 5. The predicted octanol–water partition coefficient (Wildman–Crippen LogP) is 3.18. The van der Waals surface area contributed by atoms with Gasteiger partial charge in [0, 0.05) is 0 Å². The Balaban J connectivity index is 2.35. The van der Waals surface area contributed by atoms with E-state index < -0.39 is 0 Å². The zero-order chi connectivity index (χ0) is 9.52. The Morgan fingerprint density at radius 2 is 1.92 bits per heavy atom. The lowest BCUT2D eigenvalue weighted by Crippen LogP contribution is -2.02. The maximum Gasteiger partial charge on any atom is -0.00253 e. The SMILES string of the molecule is CCSCCP(C)c1ccccc1. The fraction of sp³-hybridized carbons (Fsp3) is 0.455. The molecule has 0 aliphatic heterocycles. The molecule has 1 aromatic rings. The minimum atomic E-state index is 0.0919. The van der Waals surface area contributed by atoms with Crippen molar-refractivity contribution >= 4 is 25.0 Å². The van der Waals surface area contributed by atoms with Crippen LogP contribution in [0.25, 0.3) is 0 Å². The topological polar surface area (TPSA) is 0 Å². The second kappa shape index (κ2) is 6.45. The van der Waals surface area contributed by atoms with Crippen molar-refractivity contribution in [3.05, 3.63) is 30.3 Å². The summed E-state index contributed by atoms with van der Waals surface area (Å²) in [5.74, 6) is 2.56. The fourth-order valence-corrected chi connectivity index (χ4v) is 4.00. The van der Waals surface area contributed by atoms with E-state index in [1.165, 1.54) is 23.0 Å². The highest BCUT2D eigenvalue weighted by Gasteiger charge is 2.02. The second-order valence-corrected chi connectivity index (χ2v) is 6.71. The van der Waals surface area contributed by atoms with Gasteiger partial charge in [0.15, 0.2) is 0 Å². The maximum atomic E-state index is 2.38. The van der Waals surface area contributed by atoms with Gasteiger partial charge in [-0.3, -0.25) is 0 Å². The molecule has 0 nitrogen and oxygen atoms in total. The van der Waals surface area contributed by atoms with Crippen LogP contribution in [-0.4, -0.2) is 24.3 Å². The van der Waals surface area contributed by atoms with Crippen LogP contribution in [0, 0.1) is 0 Å². The molecule has 0 aliphatic rings. The van der Waals surface area contributed by atoms with E-state index in [9.17, 15) is 0 Å². The van der Waals surface area contributed by atoms with E-state index in [0.717, 1.165) is 0 Å². The van der Waals surface area contributed by atoms with Crippen LogP contribution in [0.2, 0.25) is 0 Å². The summed E-state index contributed by atoms with van der Waals surface area (Å²) in [6.45, 7) is 4.60. The van der Waals surface area contributed by atoms with Crippen molar-refractivity contribution in [3.8, 4) is 0 Å². The number of benzene rings is 1. The first-order valence-corrected chi connectivity index (χ1v) is 7.81. The Labute approximate surface area is 86.9 Å². The van der Waals surface area contributed by atoms with Gasteiger partial charge in [-0.05, 0) is 29.6 Å². The lowest BCUT2D eigenvalue weighted by atomic mass is 10.4. The van der Waals surface area contributed by atoms with Gasteiger partial charge in [-0.1, -0.05) is 45.2 Å². The molecular formula is C11H17PS. The van der Waals surface area contributed by atoms with E-state index in [1.807, 2.05) is 11.8 Å². The minimum absolute atomic E-state index is 0.0919.